The minimum absolute atomic E-state index is 0.0499. The standard InChI is InChI=1S/C20H17N3O4/c24-20(23-8-1-2-9-23)15-5-3-4-13(10-15)18-21-19(27-22-18)14-6-7-16-17(11-14)26-12-25-16/h3-7,10-11H,1-2,8-9,12H2. The van der Waals surface area contributed by atoms with E-state index in [0.29, 0.717) is 28.8 Å². The van der Waals surface area contributed by atoms with Crippen LogP contribution >= 0.6 is 0 Å². The topological polar surface area (TPSA) is 77.7 Å². The third kappa shape index (κ3) is 2.91. The average Bonchev–Trinajstić information content (AvgIpc) is 3.48. The predicted molar refractivity (Wildman–Crippen MR) is 96.4 cm³/mol. The number of hydrogen-bond acceptors (Lipinski definition) is 6. The van der Waals surface area contributed by atoms with E-state index in [-0.39, 0.29) is 12.7 Å². The Balaban J connectivity index is 1.43. The Kier molecular flexibility index (Phi) is 3.78. The van der Waals surface area contributed by atoms with Crippen molar-refractivity contribution in [1.82, 2.24) is 15.0 Å². The maximum absolute atomic E-state index is 12.6. The molecule has 0 atom stereocenters. The van der Waals surface area contributed by atoms with Crippen LogP contribution < -0.4 is 9.47 Å². The largest absolute Gasteiger partial charge is 0.454 e. The lowest BCUT2D eigenvalue weighted by Crippen LogP contribution is -2.27. The van der Waals surface area contributed by atoms with Crippen molar-refractivity contribution in [3.63, 3.8) is 0 Å². The van der Waals surface area contributed by atoms with Gasteiger partial charge in [-0.05, 0) is 43.2 Å². The molecule has 7 nitrogen and oxygen atoms in total. The molecular formula is C20H17N3O4. The van der Waals surface area contributed by atoms with Gasteiger partial charge in [-0.1, -0.05) is 17.3 Å². The fourth-order valence-corrected chi connectivity index (χ4v) is 3.38. The molecule has 1 saturated heterocycles. The Labute approximate surface area is 155 Å². The van der Waals surface area contributed by atoms with Crippen molar-refractivity contribution in [2.24, 2.45) is 0 Å². The second kappa shape index (κ2) is 6.42. The Hall–Kier alpha value is -3.35. The number of benzene rings is 2. The average molecular weight is 363 g/mol. The summed E-state index contributed by atoms with van der Waals surface area (Å²) in [5, 5.41) is 4.07. The Bertz CT molecular complexity index is 1010. The van der Waals surface area contributed by atoms with Crippen molar-refractivity contribution < 1.29 is 18.8 Å². The van der Waals surface area contributed by atoms with Crippen LogP contribution in [-0.4, -0.2) is 40.8 Å². The summed E-state index contributed by atoms with van der Waals surface area (Å²) in [4.78, 5) is 19.0. The third-order valence-corrected chi connectivity index (χ3v) is 4.81. The molecule has 3 aromatic rings. The van der Waals surface area contributed by atoms with Crippen LogP contribution in [0.4, 0.5) is 0 Å². The molecule has 0 unspecified atom stereocenters. The van der Waals surface area contributed by atoms with E-state index >= 15 is 0 Å². The van der Waals surface area contributed by atoms with E-state index in [9.17, 15) is 4.79 Å². The zero-order valence-electron chi connectivity index (χ0n) is 14.6. The van der Waals surface area contributed by atoms with Gasteiger partial charge in [0, 0.05) is 29.8 Å². The summed E-state index contributed by atoms with van der Waals surface area (Å²) < 4.78 is 16.1. The Morgan fingerprint density at radius 1 is 0.963 bits per heavy atom. The van der Waals surface area contributed by atoms with E-state index in [4.69, 9.17) is 14.0 Å². The lowest BCUT2D eigenvalue weighted by Gasteiger charge is -2.15. The van der Waals surface area contributed by atoms with Gasteiger partial charge < -0.3 is 18.9 Å². The van der Waals surface area contributed by atoms with Crippen molar-refractivity contribution in [2.45, 2.75) is 12.8 Å². The highest BCUT2D eigenvalue weighted by Crippen LogP contribution is 2.35. The van der Waals surface area contributed by atoms with Gasteiger partial charge in [0.15, 0.2) is 11.5 Å². The molecular weight excluding hydrogens is 346 g/mol. The number of carbonyl (C=O) groups excluding carboxylic acids is 1. The first-order valence-corrected chi connectivity index (χ1v) is 8.91. The molecule has 136 valence electrons. The van der Waals surface area contributed by atoms with Crippen molar-refractivity contribution >= 4 is 5.91 Å². The number of hydrogen-bond donors (Lipinski definition) is 0. The van der Waals surface area contributed by atoms with Gasteiger partial charge in [-0.3, -0.25) is 4.79 Å². The quantitative estimate of drug-likeness (QED) is 0.710. The molecule has 1 fully saturated rings. The summed E-state index contributed by atoms with van der Waals surface area (Å²) in [6.07, 6.45) is 2.13. The Morgan fingerprint density at radius 3 is 2.70 bits per heavy atom. The molecule has 0 radical (unpaired) electrons. The molecule has 1 amide bonds. The lowest BCUT2D eigenvalue weighted by atomic mass is 10.1. The number of fused-ring (bicyclic) bond motifs is 1. The summed E-state index contributed by atoms with van der Waals surface area (Å²) in [6.45, 7) is 1.85. The van der Waals surface area contributed by atoms with Crippen LogP contribution in [0.15, 0.2) is 47.0 Å². The number of ether oxygens (including phenoxy) is 2. The zero-order chi connectivity index (χ0) is 18.2. The van der Waals surface area contributed by atoms with E-state index in [0.717, 1.165) is 37.1 Å². The van der Waals surface area contributed by atoms with Gasteiger partial charge in [0.05, 0.1) is 0 Å². The lowest BCUT2D eigenvalue weighted by molar-refractivity contribution is 0.0793. The summed E-state index contributed by atoms with van der Waals surface area (Å²) in [7, 11) is 0. The van der Waals surface area contributed by atoms with E-state index < -0.39 is 0 Å². The minimum Gasteiger partial charge on any atom is -0.454 e. The highest BCUT2D eigenvalue weighted by molar-refractivity contribution is 5.95. The van der Waals surface area contributed by atoms with Crippen molar-refractivity contribution in [3.8, 4) is 34.3 Å². The molecule has 0 spiro atoms. The molecule has 0 bridgehead atoms. The zero-order valence-corrected chi connectivity index (χ0v) is 14.6. The van der Waals surface area contributed by atoms with Crippen LogP contribution in [-0.2, 0) is 0 Å². The highest BCUT2D eigenvalue weighted by Gasteiger charge is 2.21. The van der Waals surface area contributed by atoms with Crippen LogP contribution in [0.2, 0.25) is 0 Å². The SMILES string of the molecule is O=C(c1cccc(-c2noc(-c3ccc4c(c3)OCO4)n2)c1)N1CCCC1. The number of aromatic nitrogens is 2. The number of likely N-dealkylation sites (tertiary alicyclic amines) is 1. The molecule has 0 saturated carbocycles. The molecule has 0 N–H and O–H groups in total. The first kappa shape index (κ1) is 15.9. The Morgan fingerprint density at radius 2 is 1.81 bits per heavy atom. The number of amides is 1. The molecule has 7 heteroatoms. The van der Waals surface area contributed by atoms with Crippen LogP contribution in [0, 0.1) is 0 Å². The smallest absolute Gasteiger partial charge is 0.258 e. The van der Waals surface area contributed by atoms with Gasteiger partial charge in [0.25, 0.3) is 11.8 Å². The molecule has 2 aliphatic heterocycles. The molecule has 27 heavy (non-hydrogen) atoms. The van der Waals surface area contributed by atoms with Crippen molar-refractivity contribution in [2.75, 3.05) is 19.9 Å². The highest BCUT2D eigenvalue weighted by atomic mass is 16.7. The first-order chi connectivity index (χ1) is 13.3. The fourth-order valence-electron chi connectivity index (χ4n) is 3.38. The van der Waals surface area contributed by atoms with Crippen LogP contribution in [0.25, 0.3) is 22.8 Å². The van der Waals surface area contributed by atoms with Gasteiger partial charge in [-0.25, -0.2) is 0 Å². The maximum Gasteiger partial charge on any atom is 0.258 e. The third-order valence-electron chi connectivity index (χ3n) is 4.81. The fraction of sp³-hybridized carbons (Fsp3) is 0.250. The van der Waals surface area contributed by atoms with Crippen LogP contribution in [0.5, 0.6) is 11.5 Å². The van der Waals surface area contributed by atoms with E-state index in [1.807, 2.05) is 47.4 Å². The van der Waals surface area contributed by atoms with Crippen molar-refractivity contribution in [1.29, 1.82) is 0 Å². The number of rotatable bonds is 3. The maximum atomic E-state index is 12.6. The molecule has 0 aliphatic carbocycles. The van der Waals surface area contributed by atoms with Gasteiger partial charge in [-0.15, -0.1) is 0 Å². The molecule has 1 aromatic heterocycles. The van der Waals surface area contributed by atoms with Gasteiger partial charge in [-0.2, -0.15) is 4.98 Å². The second-order valence-electron chi connectivity index (χ2n) is 6.57. The van der Waals surface area contributed by atoms with Gasteiger partial charge in [0.2, 0.25) is 12.6 Å². The summed E-state index contributed by atoms with van der Waals surface area (Å²) >= 11 is 0. The van der Waals surface area contributed by atoms with Crippen LogP contribution in [0.3, 0.4) is 0 Å². The van der Waals surface area contributed by atoms with E-state index in [2.05, 4.69) is 10.1 Å². The van der Waals surface area contributed by atoms with E-state index in [1.165, 1.54) is 0 Å². The monoisotopic (exact) mass is 363 g/mol. The molecule has 3 heterocycles. The summed E-state index contributed by atoms with van der Waals surface area (Å²) in [5.41, 5.74) is 2.14. The normalized spacial score (nSPS) is 15.3. The van der Waals surface area contributed by atoms with Crippen molar-refractivity contribution in [3.05, 3.63) is 48.0 Å². The van der Waals surface area contributed by atoms with E-state index in [1.54, 1.807) is 0 Å². The van der Waals surface area contributed by atoms with Crippen LogP contribution in [0.1, 0.15) is 23.2 Å². The predicted octanol–water partition coefficient (Wildman–Crippen LogP) is 3.37. The first-order valence-electron chi connectivity index (χ1n) is 8.91. The van der Waals surface area contributed by atoms with Gasteiger partial charge >= 0.3 is 0 Å². The minimum atomic E-state index is 0.0499. The molecule has 2 aliphatic rings. The van der Waals surface area contributed by atoms with Gasteiger partial charge in [0.1, 0.15) is 0 Å². The number of nitrogens with zero attached hydrogens (tertiary/aromatic N) is 3. The second-order valence-corrected chi connectivity index (χ2v) is 6.57. The molecule has 5 rings (SSSR count). The number of carbonyl (C=O) groups is 1. The summed E-state index contributed by atoms with van der Waals surface area (Å²) in [6, 6.07) is 12.8. The molecule has 2 aromatic carbocycles. The summed E-state index contributed by atoms with van der Waals surface area (Å²) in [5.74, 6) is 2.24.